The summed E-state index contributed by atoms with van der Waals surface area (Å²) >= 11 is 0. The molecule has 0 aromatic carbocycles. The van der Waals surface area contributed by atoms with Gasteiger partial charge in [0.25, 0.3) is 0 Å². The van der Waals surface area contributed by atoms with E-state index < -0.39 is 0 Å². The fourth-order valence-corrected chi connectivity index (χ4v) is 1.18. The van der Waals surface area contributed by atoms with Crippen LogP contribution >= 0.6 is 0 Å². The van der Waals surface area contributed by atoms with Gasteiger partial charge in [0.15, 0.2) is 0 Å². The molecule has 2 heterocycles. The highest BCUT2D eigenvalue weighted by atomic mass is 15.0. The van der Waals surface area contributed by atoms with E-state index in [4.69, 9.17) is 0 Å². The Kier molecular flexibility index (Phi) is 1.27. The van der Waals surface area contributed by atoms with Gasteiger partial charge in [-0.05, 0) is 5.57 Å². The summed E-state index contributed by atoms with van der Waals surface area (Å²) in [7, 11) is 0. The van der Waals surface area contributed by atoms with Crippen LogP contribution in [0, 0.1) is 0 Å². The van der Waals surface area contributed by atoms with Crippen molar-refractivity contribution < 1.29 is 0 Å². The van der Waals surface area contributed by atoms with Gasteiger partial charge in [0.05, 0.1) is 18.9 Å². The maximum absolute atomic E-state index is 4.08. The van der Waals surface area contributed by atoms with Crippen molar-refractivity contribution in [3.8, 4) is 0 Å². The summed E-state index contributed by atoms with van der Waals surface area (Å²) in [5.74, 6) is 0. The van der Waals surface area contributed by atoms with Crippen molar-refractivity contribution in [2.75, 3.05) is 6.54 Å². The van der Waals surface area contributed by atoms with Gasteiger partial charge in [-0.15, -0.1) is 0 Å². The summed E-state index contributed by atoms with van der Waals surface area (Å²) < 4.78 is 0. The van der Waals surface area contributed by atoms with E-state index in [0.29, 0.717) is 6.04 Å². The third-order valence-corrected chi connectivity index (χ3v) is 1.78. The summed E-state index contributed by atoms with van der Waals surface area (Å²) in [6.45, 7) is 0.814. The van der Waals surface area contributed by atoms with Crippen LogP contribution in [0.4, 0.5) is 0 Å². The molecule has 0 radical (unpaired) electrons. The number of nitrogens with one attached hydrogen (secondary N) is 1. The molecule has 0 saturated heterocycles. The first kappa shape index (κ1) is 5.65. The van der Waals surface area contributed by atoms with Gasteiger partial charge in [0.2, 0.25) is 0 Å². The summed E-state index contributed by atoms with van der Waals surface area (Å²) in [4.78, 5) is 8.14. The minimum atomic E-state index is 0.468. The maximum atomic E-state index is 4.08. The molecule has 0 spiro atoms. The molecule has 0 aromatic heterocycles. The Morgan fingerprint density at radius 2 is 2.60 bits per heavy atom. The highest BCUT2D eigenvalue weighted by molar-refractivity contribution is 5.66. The highest BCUT2D eigenvalue weighted by Gasteiger charge is 2.15. The third-order valence-electron chi connectivity index (χ3n) is 1.78. The SMILES string of the molecule is C1=NC=C2CN=CNC2C1. The van der Waals surface area contributed by atoms with Gasteiger partial charge in [-0.3, -0.25) is 9.98 Å². The Balaban J connectivity index is 2.23. The maximum Gasteiger partial charge on any atom is 0.0832 e. The summed E-state index contributed by atoms with van der Waals surface area (Å²) in [5.41, 5.74) is 1.30. The van der Waals surface area contributed by atoms with Crippen LogP contribution in [0.5, 0.6) is 0 Å². The minimum absolute atomic E-state index is 0.468. The zero-order valence-electron chi connectivity index (χ0n) is 5.62. The van der Waals surface area contributed by atoms with E-state index in [-0.39, 0.29) is 0 Å². The Morgan fingerprint density at radius 3 is 3.50 bits per heavy atom. The smallest absolute Gasteiger partial charge is 0.0832 e. The molecule has 2 aliphatic rings. The Morgan fingerprint density at radius 1 is 1.60 bits per heavy atom. The standard InChI is InChI=1S/C7H9N3/c1-2-8-3-6-4-9-5-10-7(1)6/h2-3,5,7H,1,4H2,(H,9,10). The van der Waals surface area contributed by atoms with Crippen LogP contribution in [0.1, 0.15) is 6.42 Å². The normalized spacial score (nSPS) is 28.8. The first-order valence-electron chi connectivity index (χ1n) is 3.42. The Labute approximate surface area is 59.6 Å². The van der Waals surface area contributed by atoms with Gasteiger partial charge in [-0.1, -0.05) is 0 Å². The van der Waals surface area contributed by atoms with Gasteiger partial charge in [0, 0.05) is 18.8 Å². The second-order valence-electron chi connectivity index (χ2n) is 2.46. The van der Waals surface area contributed by atoms with Crippen LogP contribution in [0.15, 0.2) is 21.8 Å². The molecule has 1 N–H and O–H groups in total. The minimum Gasteiger partial charge on any atom is -0.369 e. The predicted octanol–water partition coefficient (Wildman–Crippen LogP) is 0.345. The Bertz CT molecular complexity index is 215. The van der Waals surface area contributed by atoms with Crippen LogP contribution in [0.25, 0.3) is 0 Å². The van der Waals surface area contributed by atoms with Crippen molar-refractivity contribution in [3.63, 3.8) is 0 Å². The van der Waals surface area contributed by atoms with Crippen LogP contribution in [0.2, 0.25) is 0 Å². The lowest BCUT2D eigenvalue weighted by molar-refractivity contribution is 0.683. The molecule has 1 atom stereocenters. The molecular weight excluding hydrogens is 126 g/mol. The van der Waals surface area contributed by atoms with Gasteiger partial charge in [-0.2, -0.15) is 0 Å². The number of aliphatic imine (C=N–C) groups is 2. The van der Waals surface area contributed by atoms with Crippen molar-refractivity contribution in [1.82, 2.24) is 5.32 Å². The van der Waals surface area contributed by atoms with E-state index in [2.05, 4.69) is 15.3 Å². The van der Waals surface area contributed by atoms with Crippen molar-refractivity contribution in [3.05, 3.63) is 11.8 Å². The van der Waals surface area contributed by atoms with E-state index in [0.717, 1.165) is 13.0 Å². The van der Waals surface area contributed by atoms with E-state index in [1.807, 2.05) is 12.4 Å². The predicted molar refractivity (Wildman–Crippen MR) is 41.5 cm³/mol. The van der Waals surface area contributed by atoms with Gasteiger partial charge in [0.1, 0.15) is 0 Å². The van der Waals surface area contributed by atoms with Crippen LogP contribution in [0.3, 0.4) is 0 Å². The highest BCUT2D eigenvalue weighted by Crippen LogP contribution is 2.12. The molecule has 3 heteroatoms. The molecule has 0 fully saturated rings. The monoisotopic (exact) mass is 135 g/mol. The van der Waals surface area contributed by atoms with Crippen LogP contribution in [-0.2, 0) is 0 Å². The average Bonchev–Trinajstić information content (AvgIpc) is 2.05. The molecule has 0 aliphatic carbocycles. The van der Waals surface area contributed by atoms with Crippen molar-refractivity contribution >= 4 is 12.6 Å². The number of rotatable bonds is 0. The van der Waals surface area contributed by atoms with Crippen molar-refractivity contribution in [2.45, 2.75) is 12.5 Å². The first-order valence-corrected chi connectivity index (χ1v) is 3.42. The zero-order valence-corrected chi connectivity index (χ0v) is 5.62. The largest absolute Gasteiger partial charge is 0.369 e. The molecular formula is C7H9N3. The van der Waals surface area contributed by atoms with Gasteiger partial charge in [-0.25, -0.2) is 0 Å². The van der Waals surface area contributed by atoms with E-state index in [1.165, 1.54) is 5.57 Å². The number of hydrogen-bond donors (Lipinski definition) is 1. The summed E-state index contributed by atoms with van der Waals surface area (Å²) in [6, 6.07) is 0.468. The quantitative estimate of drug-likeness (QED) is 0.511. The molecule has 1 unspecified atom stereocenters. The van der Waals surface area contributed by atoms with E-state index in [1.54, 1.807) is 6.34 Å². The second kappa shape index (κ2) is 2.25. The number of hydrogen-bond acceptors (Lipinski definition) is 3. The summed E-state index contributed by atoms with van der Waals surface area (Å²) in [5, 5.41) is 3.17. The fourth-order valence-electron chi connectivity index (χ4n) is 1.18. The number of nitrogens with zero attached hydrogens (tertiary/aromatic N) is 2. The molecule has 0 aromatic rings. The lowest BCUT2D eigenvalue weighted by Gasteiger charge is -2.22. The second-order valence-corrected chi connectivity index (χ2v) is 2.46. The lowest BCUT2D eigenvalue weighted by Crippen LogP contribution is -2.35. The lowest BCUT2D eigenvalue weighted by atomic mass is 10.0. The Hall–Kier alpha value is -1.12. The van der Waals surface area contributed by atoms with Gasteiger partial charge >= 0.3 is 0 Å². The van der Waals surface area contributed by atoms with Crippen LogP contribution in [-0.4, -0.2) is 25.1 Å². The summed E-state index contributed by atoms with van der Waals surface area (Å²) in [6.07, 6.45) is 6.61. The van der Waals surface area contributed by atoms with Crippen LogP contribution < -0.4 is 5.32 Å². The third kappa shape index (κ3) is 0.835. The molecule has 0 amide bonds. The molecule has 10 heavy (non-hydrogen) atoms. The van der Waals surface area contributed by atoms with Gasteiger partial charge < -0.3 is 5.32 Å². The zero-order chi connectivity index (χ0) is 6.81. The molecule has 2 aliphatic heterocycles. The molecule has 3 nitrogen and oxygen atoms in total. The van der Waals surface area contributed by atoms with E-state index >= 15 is 0 Å². The molecule has 0 bridgehead atoms. The van der Waals surface area contributed by atoms with E-state index in [9.17, 15) is 0 Å². The first-order chi connectivity index (χ1) is 4.97. The topological polar surface area (TPSA) is 36.8 Å². The molecule has 2 rings (SSSR count). The fraction of sp³-hybridized carbons (Fsp3) is 0.429. The molecule has 52 valence electrons. The van der Waals surface area contributed by atoms with Crippen molar-refractivity contribution in [2.24, 2.45) is 9.98 Å². The number of fused-ring (bicyclic) bond motifs is 1. The van der Waals surface area contributed by atoms with Crippen molar-refractivity contribution in [1.29, 1.82) is 0 Å². The molecule has 0 saturated carbocycles. The average molecular weight is 135 g/mol.